The molecule has 8 heteroatoms. The first-order valence-electron chi connectivity index (χ1n) is 6.89. The molecule has 0 spiro atoms. The van der Waals surface area contributed by atoms with Gasteiger partial charge in [-0.15, -0.1) is 0 Å². The Bertz CT molecular complexity index is 796. The van der Waals surface area contributed by atoms with Gasteiger partial charge in [0, 0.05) is 32.1 Å². The summed E-state index contributed by atoms with van der Waals surface area (Å²) in [6.07, 6.45) is 0.845. The molecule has 1 aliphatic rings. The number of anilines is 1. The number of fused-ring (bicyclic) bond motifs is 1. The van der Waals surface area contributed by atoms with Crippen LogP contribution >= 0.6 is 0 Å². The van der Waals surface area contributed by atoms with Crippen molar-refractivity contribution >= 4 is 16.7 Å². The third-order valence-electron chi connectivity index (χ3n) is 3.87. The lowest BCUT2D eigenvalue weighted by Gasteiger charge is -2.36. The molecule has 0 atom stereocenters. The third-order valence-corrected chi connectivity index (χ3v) is 3.87. The van der Waals surface area contributed by atoms with E-state index in [1.54, 1.807) is 14.0 Å². The van der Waals surface area contributed by atoms with E-state index in [2.05, 4.69) is 15.3 Å². The first-order valence-corrected chi connectivity index (χ1v) is 6.89. The lowest BCUT2D eigenvalue weighted by atomic mass is 9.88. The van der Waals surface area contributed by atoms with Crippen LogP contribution in [0.25, 0.3) is 10.9 Å². The molecule has 2 heterocycles. The van der Waals surface area contributed by atoms with Gasteiger partial charge < -0.3 is 14.6 Å². The number of nitrogens with zero attached hydrogens (tertiary/aromatic N) is 3. The number of aromatic nitrogens is 3. The van der Waals surface area contributed by atoms with Gasteiger partial charge in [-0.3, -0.25) is 4.79 Å². The van der Waals surface area contributed by atoms with E-state index in [9.17, 15) is 13.6 Å². The van der Waals surface area contributed by atoms with Gasteiger partial charge in [-0.1, -0.05) is 0 Å². The normalized spacial score (nSPS) is 17.3. The van der Waals surface area contributed by atoms with Gasteiger partial charge >= 0.3 is 0 Å². The fraction of sp³-hybridized carbons (Fsp3) is 0.500. The molecule has 0 amide bonds. The van der Waals surface area contributed by atoms with E-state index in [-0.39, 0.29) is 18.6 Å². The molecule has 0 saturated heterocycles. The Kier molecular flexibility index (Phi) is 3.26. The molecule has 22 heavy (non-hydrogen) atoms. The predicted octanol–water partition coefficient (Wildman–Crippen LogP) is 2.12. The number of alkyl halides is 2. The summed E-state index contributed by atoms with van der Waals surface area (Å²) in [4.78, 5) is 21.0. The molecular weight excluding hydrogens is 294 g/mol. The van der Waals surface area contributed by atoms with Crippen LogP contribution in [0.4, 0.5) is 14.6 Å². The standard InChI is InChI=1S/C14H16F2N4O2/c1-7-18-10-9(12(17-2)19-7)6-20(13(21)11(10)22-3)8-4-14(15,16)5-8/h6,8H,4-5H2,1-3H3,(H,17,18,19). The summed E-state index contributed by atoms with van der Waals surface area (Å²) in [6.45, 7) is 1.71. The summed E-state index contributed by atoms with van der Waals surface area (Å²) in [5, 5.41) is 3.50. The monoisotopic (exact) mass is 310 g/mol. The van der Waals surface area contributed by atoms with E-state index >= 15 is 0 Å². The number of methoxy groups -OCH3 is 1. The summed E-state index contributed by atoms with van der Waals surface area (Å²) in [5.41, 5.74) is -0.0673. The number of hydrogen-bond donors (Lipinski definition) is 1. The second-order valence-corrected chi connectivity index (χ2v) is 5.42. The molecule has 0 aromatic carbocycles. The van der Waals surface area contributed by atoms with Crippen LogP contribution in [-0.2, 0) is 0 Å². The molecule has 1 N–H and O–H groups in total. The summed E-state index contributed by atoms with van der Waals surface area (Å²) in [6, 6.07) is -0.535. The van der Waals surface area contributed by atoms with Gasteiger partial charge in [0.2, 0.25) is 5.75 Å². The number of pyridine rings is 1. The maximum Gasteiger partial charge on any atom is 0.295 e. The quantitative estimate of drug-likeness (QED) is 0.940. The van der Waals surface area contributed by atoms with Crippen LogP contribution in [0.1, 0.15) is 24.7 Å². The molecule has 6 nitrogen and oxygen atoms in total. The van der Waals surface area contributed by atoms with Gasteiger partial charge in [0.15, 0.2) is 0 Å². The zero-order valence-electron chi connectivity index (χ0n) is 12.5. The van der Waals surface area contributed by atoms with Crippen molar-refractivity contribution < 1.29 is 13.5 Å². The van der Waals surface area contributed by atoms with Gasteiger partial charge in [-0.05, 0) is 6.92 Å². The Morgan fingerprint density at radius 3 is 2.64 bits per heavy atom. The highest BCUT2D eigenvalue weighted by Crippen LogP contribution is 2.45. The van der Waals surface area contributed by atoms with Crippen LogP contribution in [-0.4, -0.2) is 34.6 Å². The van der Waals surface area contributed by atoms with Gasteiger partial charge in [-0.25, -0.2) is 18.7 Å². The predicted molar refractivity (Wildman–Crippen MR) is 77.9 cm³/mol. The third kappa shape index (κ3) is 2.18. The Balaban J connectivity index is 2.25. The summed E-state index contributed by atoms with van der Waals surface area (Å²) in [7, 11) is 3.06. The fourth-order valence-electron chi connectivity index (χ4n) is 2.76. The largest absolute Gasteiger partial charge is 0.490 e. The number of aryl methyl sites for hydroxylation is 1. The first kappa shape index (κ1) is 14.7. The first-order chi connectivity index (χ1) is 10.4. The average Bonchev–Trinajstić information content (AvgIpc) is 2.43. The van der Waals surface area contributed by atoms with Crippen LogP contribution in [0.2, 0.25) is 0 Å². The molecule has 3 rings (SSSR count). The molecule has 1 aliphatic carbocycles. The molecule has 2 aromatic heterocycles. The number of nitrogens with one attached hydrogen (secondary N) is 1. The van der Waals surface area contributed by atoms with Gasteiger partial charge in [0.1, 0.15) is 17.2 Å². The molecule has 1 saturated carbocycles. The van der Waals surface area contributed by atoms with E-state index in [1.165, 1.54) is 17.9 Å². The molecule has 0 unspecified atom stereocenters. The van der Waals surface area contributed by atoms with Crippen molar-refractivity contribution in [3.63, 3.8) is 0 Å². The van der Waals surface area contributed by atoms with Gasteiger partial charge in [0.05, 0.1) is 12.5 Å². The van der Waals surface area contributed by atoms with Crippen LogP contribution in [0.3, 0.4) is 0 Å². The van der Waals surface area contributed by atoms with Crippen molar-refractivity contribution in [1.82, 2.24) is 14.5 Å². The SMILES string of the molecule is CNc1nc(C)nc2c(OC)c(=O)n(C3CC(F)(F)C3)cc12. The van der Waals surface area contributed by atoms with Crippen LogP contribution < -0.4 is 15.6 Å². The van der Waals surface area contributed by atoms with E-state index in [0.717, 1.165) is 0 Å². The Morgan fingerprint density at radius 2 is 2.09 bits per heavy atom. The number of ether oxygens (including phenoxy) is 1. The van der Waals surface area contributed by atoms with Crippen molar-refractivity contribution in [2.45, 2.75) is 31.7 Å². The van der Waals surface area contributed by atoms with Crippen LogP contribution in [0, 0.1) is 6.92 Å². The minimum Gasteiger partial charge on any atom is -0.490 e. The van der Waals surface area contributed by atoms with E-state index < -0.39 is 17.5 Å². The summed E-state index contributed by atoms with van der Waals surface area (Å²) in [5.74, 6) is -1.64. The van der Waals surface area contributed by atoms with Crippen molar-refractivity contribution in [3.8, 4) is 5.75 Å². The smallest absolute Gasteiger partial charge is 0.295 e. The minimum atomic E-state index is -2.71. The molecule has 0 bridgehead atoms. The van der Waals surface area contributed by atoms with Crippen molar-refractivity contribution in [3.05, 3.63) is 22.4 Å². The Hall–Kier alpha value is -2.25. The highest BCUT2D eigenvalue weighted by atomic mass is 19.3. The number of hydrogen-bond acceptors (Lipinski definition) is 5. The van der Waals surface area contributed by atoms with Crippen LogP contribution in [0.5, 0.6) is 5.75 Å². The topological polar surface area (TPSA) is 69.0 Å². The van der Waals surface area contributed by atoms with Crippen LogP contribution in [0.15, 0.2) is 11.0 Å². The zero-order chi connectivity index (χ0) is 16.1. The highest BCUT2D eigenvalue weighted by molar-refractivity contribution is 5.92. The second-order valence-electron chi connectivity index (χ2n) is 5.42. The lowest BCUT2D eigenvalue weighted by Crippen LogP contribution is -2.41. The highest BCUT2D eigenvalue weighted by Gasteiger charge is 2.46. The van der Waals surface area contributed by atoms with E-state index in [0.29, 0.717) is 22.5 Å². The zero-order valence-corrected chi connectivity index (χ0v) is 12.5. The number of halogens is 2. The number of rotatable bonds is 3. The second kappa shape index (κ2) is 4.89. The van der Waals surface area contributed by atoms with Gasteiger partial charge in [-0.2, -0.15) is 0 Å². The molecule has 118 valence electrons. The molecule has 0 radical (unpaired) electrons. The molecule has 2 aromatic rings. The Labute approximate surface area is 125 Å². The van der Waals surface area contributed by atoms with E-state index in [4.69, 9.17) is 4.74 Å². The van der Waals surface area contributed by atoms with Crippen molar-refractivity contribution in [2.24, 2.45) is 0 Å². The van der Waals surface area contributed by atoms with E-state index in [1.807, 2.05) is 0 Å². The lowest BCUT2D eigenvalue weighted by molar-refractivity contribution is -0.104. The molecule has 0 aliphatic heterocycles. The van der Waals surface area contributed by atoms with Crippen molar-refractivity contribution in [1.29, 1.82) is 0 Å². The Morgan fingerprint density at radius 1 is 1.41 bits per heavy atom. The van der Waals surface area contributed by atoms with Crippen molar-refractivity contribution in [2.75, 3.05) is 19.5 Å². The maximum atomic E-state index is 13.1. The fourth-order valence-corrected chi connectivity index (χ4v) is 2.76. The van der Waals surface area contributed by atoms with Gasteiger partial charge in [0.25, 0.3) is 11.5 Å². The minimum absolute atomic E-state index is 0.0507. The maximum absolute atomic E-state index is 13.1. The summed E-state index contributed by atoms with van der Waals surface area (Å²) >= 11 is 0. The molecular formula is C14H16F2N4O2. The summed E-state index contributed by atoms with van der Waals surface area (Å²) < 4.78 is 32.7. The average molecular weight is 310 g/mol. The molecule has 1 fully saturated rings.